The van der Waals surface area contributed by atoms with Crippen LogP contribution in [0, 0.1) is 0 Å². The van der Waals surface area contributed by atoms with E-state index in [0.717, 1.165) is 11.3 Å². The van der Waals surface area contributed by atoms with Gasteiger partial charge in [0, 0.05) is 31.4 Å². The third-order valence-corrected chi connectivity index (χ3v) is 5.23. The van der Waals surface area contributed by atoms with E-state index in [-0.39, 0.29) is 23.4 Å². The zero-order valence-electron chi connectivity index (χ0n) is 17.0. The number of amides is 1. The van der Waals surface area contributed by atoms with Gasteiger partial charge in [-0.3, -0.25) is 14.4 Å². The van der Waals surface area contributed by atoms with Crippen LogP contribution in [0.5, 0.6) is 5.75 Å². The van der Waals surface area contributed by atoms with Crippen molar-refractivity contribution < 1.29 is 22.7 Å². The summed E-state index contributed by atoms with van der Waals surface area (Å²) in [4.78, 5) is 21.0. The van der Waals surface area contributed by atoms with Gasteiger partial charge in [-0.1, -0.05) is 11.3 Å². The molecule has 0 N–H and O–H groups in total. The Balaban J connectivity index is 1.94. The van der Waals surface area contributed by atoms with Crippen LogP contribution < -0.4 is 9.64 Å². The fraction of sp³-hybridized carbons (Fsp3) is 0.421. The van der Waals surface area contributed by atoms with E-state index in [2.05, 4.69) is 14.8 Å². The molecule has 0 atom stereocenters. The summed E-state index contributed by atoms with van der Waals surface area (Å²) in [5.41, 5.74) is 0.766. The van der Waals surface area contributed by atoms with Crippen molar-refractivity contribution in [2.75, 3.05) is 32.1 Å². The topological polar surface area (TPSA) is 63.5 Å². The lowest BCUT2D eigenvalue weighted by Gasteiger charge is -2.21. The summed E-state index contributed by atoms with van der Waals surface area (Å²) in [6.45, 7) is 4.85. The van der Waals surface area contributed by atoms with Crippen LogP contribution in [0.1, 0.15) is 30.4 Å². The third kappa shape index (κ3) is 5.28. The second kappa shape index (κ2) is 8.60. The Morgan fingerprint density at radius 3 is 2.57 bits per heavy atom. The van der Waals surface area contributed by atoms with Gasteiger partial charge in [-0.25, -0.2) is 4.98 Å². The third-order valence-electron chi connectivity index (χ3n) is 4.19. The molecule has 2 aromatic heterocycles. The number of anilines is 1. The molecular weight excluding hydrogens is 419 g/mol. The maximum atomic E-state index is 13.1. The highest BCUT2D eigenvalue weighted by Gasteiger charge is 2.31. The Morgan fingerprint density at radius 1 is 1.23 bits per heavy atom. The number of aromatic nitrogens is 3. The first-order valence-corrected chi connectivity index (χ1v) is 10.0. The second-order valence-electron chi connectivity index (χ2n) is 7.21. The number of hydrogen-bond acceptors (Lipinski definition) is 6. The largest absolute Gasteiger partial charge is 0.573 e. The molecule has 0 aliphatic rings. The summed E-state index contributed by atoms with van der Waals surface area (Å²) in [6, 6.07) is 5.67. The number of rotatable bonds is 7. The monoisotopic (exact) mass is 441 g/mol. The zero-order chi connectivity index (χ0) is 22.1. The summed E-state index contributed by atoms with van der Waals surface area (Å²) in [7, 11) is 3.77. The first kappa shape index (κ1) is 22.0. The van der Waals surface area contributed by atoms with Crippen molar-refractivity contribution >= 4 is 32.6 Å². The van der Waals surface area contributed by atoms with E-state index in [1.165, 1.54) is 23.1 Å². The van der Waals surface area contributed by atoms with Crippen LogP contribution in [0.3, 0.4) is 0 Å². The van der Waals surface area contributed by atoms with Crippen LogP contribution in [0.15, 0.2) is 30.5 Å². The molecule has 2 heterocycles. The Bertz CT molecular complexity index is 1030. The van der Waals surface area contributed by atoms with Crippen molar-refractivity contribution in [2.45, 2.75) is 26.3 Å². The smallest absolute Gasteiger partial charge is 0.406 e. The molecule has 0 unspecified atom stereocenters. The van der Waals surface area contributed by atoms with Gasteiger partial charge in [-0.2, -0.15) is 5.10 Å². The van der Waals surface area contributed by atoms with Crippen LogP contribution in [0.25, 0.3) is 10.2 Å². The minimum Gasteiger partial charge on any atom is -0.406 e. The van der Waals surface area contributed by atoms with Gasteiger partial charge in [-0.15, -0.1) is 13.2 Å². The van der Waals surface area contributed by atoms with E-state index in [1.807, 2.05) is 32.8 Å². The fourth-order valence-corrected chi connectivity index (χ4v) is 3.69. The molecule has 162 valence electrons. The minimum atomic E-state index is -4.77. The number of thiazole rings is 1. The molecule has 1 amide bonds. The van der Waals surface area contributed by atoms with Crippen molar-refractivity contribution in [3.8, 4) is 5.75 Å². The molecule has 0 fully saturated rings. The molecule has 3 aromatic rings. The van der Waals surface area contributed by atoms with Gasteiger partial charge >= 0.3 is 6.36 Å². The van der Waals surface area contributed by atoms with Crippen LogP contribution in [-0.2, 0) is 0 Å². The number of nitrogens with zero attached hydrogens (tertiary/aromatic N) is 5. The molecule has 0 radical (unpaired) electrons. The van der Waals surface area contributed by atoms with Gasteiger partial charge in [0.2, 0.25) is 0 Å². The predicted octanol–water partition coefficient (Wildman–Crippen LogP) is 4.18. The van der Waals surface area contributed by atoms with Gasteiger partial charge in [-0.05, 0) is 46.1 Å². The van der Waals surface area contributed by atoms with Crippen molar-refractivity contribution in [3.63, 3.8) is 0 Å². The van der Waals surface area contributed by atoms with Crippen molar-refractivity contribution in [1.29, 1.82) is 0 Å². The van der Waals surface area contributed by atoms with Gasteiger partial charge in [0.05, 0.1) is 10.2 Å². The number of carbonyl (C=O) groups excluding carboxylic acids is 1. The van der Waals surface area contributed by atoms with Gasteiger partial charge in [0.25, 0.3) is 5.91 Å². The highest BCUT2D eigenvalue weighted by molar-refractivity contribution is 7.22. The Kier molecular flexibility index (Phi) is 6.32. The van der Waals surface area contributed by atoms with E-state index in [1.54, 1.807) is 16.9 Å². The minimum absolute atomic E-state index is 0.108. The SMILES string of the molecule is CC(C)n1ccc(C(=O)N(CCN(C)C)c2nc3ccc(OC(F)(F)F)cc3s2)n1. The highest BCUT2D eigenvalue weighted by atomic mass is 32.1. The molecule has 3 rings (SSSR count). The normalized spacial score (nSPS) is 12.2. The number of halogens is 3. The summed E-state index contributed by atoms with van der Waals surface area (Å²) in [6.07, 6.45) is -3.04. The van der Waals surface area contributed by atoms with E-state index in [9.17, 15) is 18.0 Å². The molecule has 0 spiro atoms. The average Bonchev–Trinajstić information content (AvgIpc) is 3.26. The van der Waals surface area contributed by atoms with E-state index >= 15 is 0 Å². The van der Waals surface area contributed by atoms with Gasteiger partial charge < -0.3 is 9.64 Å². The number of fused-ring (bicyclic) bond motifs is 1. The fourth-order valence-electron chi connectivity index (χ4n) is 2.67. The number of ether oxygens (including phenoxy) is 1. The van der Waals surface area contributed by atoms with E-state index in [4.69, 9.17) is 0 Å². The number of hydrogen-bond donors (Lipinski definition) is 0. The number of likely N-dealkylation sites (N-methyl/N-ethyl adjacent to an activating group) is 1. The van der Waals surface area contributed by atoms with Crippen molar-refractivity contribution in [2.24, 2.45) is 0 Å². The van der Waals surface area contributed by atoms with Crippen LogP contribution in [0.2, 0.25) is 0 Å². The summed E-state index contributed by atoms with van der Waals surface area (Å²) >= 11 is 1.13. The molecule has 0 aliphatic heterocycles. The maximum Gasteiger partial charge on any atom is 0.573 e. The molecule has 7 nitrogen and oxygen atoms in total. The Morgan fingerprint density at radius 2 is 1.97 bits per heavy atom. The van der Waals surface area contributed by atoms with Crippen molar-refractivity contribution in [3.05, 3.63) is 36.2 Å². The first-order chi connectivity index (χ1) is 14.0. The van der Waals surface area contributed by atoms with Crippen LogP contribution in [0.4, 0.5) is 18.3 Å². The van der Waals surface area contributed by atoms with Gasteiger partial charge in [0.1, 0.15) is 5.75 Å². The summed E-state index contributed by atoms with van der Waals surface area (Å²) in [5, 5.41) is 4.72. The lowest BCUT2D eigenvalue weighted by atomic mass is 10.3. The first-order valence-electron chi connectivity index (χ1n) is 9.21. The lowest BCUT2D eigenvalue weighted by molar-refractivity contribution is -0.274. The zero-order valence-corrected chi connectivity index (χ0v) is 17.8. The van der Waals surface area contributed by atoms with Crippen LogP contribution in [-0.4, -0.2) is 59.1 Å². The van der Waals surface area contributed by atoms with Crippen molar-refractivity contribution in [1.82, 2.24) is 19.7 Å². The molecule has 0 bridgehead atoms. The number of benzene rings is 1. The molecule has 0 saturated heterocycles. The average molecular weight is 441 g/mol. The second-order valence-corrected chi connectivity index (χ2v) is 8.22. The quantitative estimate of drug-likeness (QED) is 0.550. The Hall–Kier alpha value is -2.66. The maximum absolute atomic E-state index is 13.1. The van der Waals surface area contributed by atoms with E-state index in [0.29, 0.717) is 28.4 Å². The number of alkyl halides is 3. The summed E-state index contributed by atoms with van der Waals surface area (Å²) in [5.74, 6) is -0.644. The Labute approximate surface area is 175 Å². The lowest BCUT2D eigenvalue weighted by Crippen LogP contribution is -2.37. The molecule has 1 aromatic carbocycles. The molecule has 11 heteroatoms. The molecule has 0 aliphatic carbocycles. The number of carbonyl (C=O) groups is 1. The van der Waals surface area contributed by atoms with E-state index < -0.39 is 6.36 Å². The molecule has 30 heavy (non-hydrogen) atoms. The molecular formula is C19H22F3N5O2S. The predicted molar refractivity (Wildman–Crippen MR) is 109 cm³/mol. The van der Waals surface area contributed by atoms with Crippen LogP contribution >= 0.6 is 11.3 Å². The highest BCUT2D eigenvalue weighted by Crippen LogP contribution is 2.33. The summed E-state index contributed by atoms with van der Waals surface area (Å²) < 4.78 is 43.7. The molecule has 0 saturated carbocycles. The standard InChI is InChI=1S/C19H22F3N5O2S/c1-12(2)27-8-7-15(24-27)17(28)26(10-9-25(3)4)18-23-14-6-5-13(11-16(14)30-18)29-19(20,21)22/h5-8,11-12H,9-10H2,1-4H3. The van der Waals surface area contributed by atoms with Gasteiger partial charge in [0.15, 0.2) is 10.8 Å².